The molecule has 0 saturated carbocycles. The monoisotopic (exact) mass is 279 g/mol. The minimum Gasteiger partial charge on any atom is -0.369 e. The summed E-state index contributed by atoms with van der Waals surface area (Å²) in [5.41, 5.74) is 2.14. The highest BCUT2D eigenvalue weighted by Gasteiger charge is 2.06. The summed E-state index contributed by atoms with van der Waals surface area (Å²) in [6.07, 6.45) is 4.58. The van der Waals surface area contributed by atoms with Crippen LogP contribution >= 0.6 is 0 Å². The number of anilines is 2. The molecule has 3 rings (SSSR count). The maximum Gasteiger partial charge on any atom is 0.224 e. The molecule has 0 fully saturated rings. The molecule has 0 radical (unpaired) electrons. The largest absolute Gasteiger partial charge is 0.369 e. The lowest BCUT2D eigenvalue weighted by Gasteiger charge is -2.10. The molecule has 2 aromatic heterocycles. The highest BCUT2D eigenvalue weighted by molar-refractivity contribution is 5.89. The number of pyridine rings is 1. The van der Waals surface area contributed by atoms with Crippen LogP contribution in [0.4, 0.5) is 11.8 Å². The van der Waals surface area contributed by atoms with E-state index in [1.165, 1.54) is 5.56 Å². The SMILES string of the molecule is CNc1nc(NCCc2cccnc2)c2ccccc2n1. The Morgan fingerprint density at radius 2 is 1.95 bits per heavy atom. The second-order valence-electron chi connectivity index (χ2n) is 4.70. The van der Waals surface area contributed by atoms with E-state index in [1.807, 2.05) is 43.6 Å². The number of nitrogens with zero attached hydrogens (tertiary/aromatic N) is 3. The molecule has 0 aliphatic carbocycles. The van der Waals surface area contributed by atoms with Crippen LogP contribution in [0.3, 0.4) is 0 Å². The van der Waals surface area contributed by atoms with Gasteiger partial charge in [0.15, 0.2) is 0 Å². The van der Waals surface area contributed by atoms with Crippen molar-refractivity contribution in [3.05, 3.63) is 54.4 Å². The van der Waals surface area contributed by atoms with Crippen molar-refractivity contribution in [1.29, 1.82) is 0 Å². The molecular formula is C16H17N5. The third-order valence-electron chi connectivity index (χ3n) is 3.26. The van der Waals surface area contributed by atoms with Crippen molar-refractivity contribution in [2.45, 2.75) is 6.42 Å². The van der Waals surface area contributed by atoms with E-state index < -0.39 is 0 Å². The van der Waals surface area contributed by atoms with Gasteiger partial charge in [-0.05, 0) is 30.2 Å². The van der Waals surface area contributed by atoms with Crippen LogP contribution < -0.4 is 10.6 Å². The minimum absolute atomic E-state index is 0.623. The molecule has 21 heavy (non-hydrogen) atoms. The number of rotatable bonds is 5. The number of aromatic nitrogens is 3. The lowest BCUT2D eigenvalue weighted by Crippen LogP contribution is -2.09. The first-order valence-corrected chi connectivity index (χ1v) is 6.94. The second-order valence-corrected chi connectivity index (χ2v) is 4.70. The van der Waals surface area contributed by atoms with Crippen molar-refractivity contribution < 1.29 is 0 Å². The summed E-state index contributed by atoms with van der Waals surface area (Å²) < 4.78 is 0. The van der Waals surface area contributed by atoms with E-state index in [9.17, 15) is 0 Å². The van der Waals surface area contributed by atoms with E-state index in [2.05, 4.69) is 31.7 Å². The van der Waals surface area contributed by atoms with Gasteiger partial charge in [0.25, 0.3) is 0 Å². The molecule has 0 aliphatic rings. The Bertz CT molecular complexity index is 727. The fourth-order valence-corrected chi connectivity index (χ4v) is 2.19. The van der Waals surface area contributed by atoms with E-state index in [-0.39, 0.29) is 0 Å². The van der Waals surface area contributed by atoms with Crippen molar-refractivity contribution in [1.82, 2.24) is 15.0 Å². The molecule has 2 N–H and O–H groups in total. The number of hydrogen-bond donors (Lipinski definition) is 2. The van der Waals surface area contributed by atoms with Crippen LogP contribution in [-0.4, -0.2) is 28.5 Å². The summed E-state index contributed by atoms with van der Waals surface area (Å²) in [7, 11) is 1.82. The van der Waals surface area contributed by atoms with Crippen molar-refractivity contribution in [2.75, 3.05) is 24.2 Å². The first-order chi connectivity index (χ1) is 10.4. The Morgan fingerprint density at radius 3 is 2.76 bits per heavy atom. The maximum absolute atomic E-state index is 4.50. The van der Waals surface area contributed by atoms with Crippen LogP contribution in [0.2, 0.25) is 0 Å². The average molecular weight is 279 g/mol. The van der Waals surface area contributed by atoms with Gasteiger partial charge < -0.3 is 10.6 Å². The Balaban J connectivity index is 1.79. The first-order valence-electron chi connectivity index (χ1n) is 6.94. The van der Waals surface area contributed by atoms with Gasteiger partial charge in [0.2, 0.25) is 5.95 Å². The minimum atomic E-state index is 0.623. The zero-order valence-electron chi connectivity index (χ0n) is 11.9. The highest BCUT2D eigenvalue weighted by atomic mass is 15.1. The Labute approximate surface area is 123 Å². The molecule has 3 aromatic rings. The van der Waals surface area contributed by atoms with Crippen LogP contribution in [0.5, 0.6) is 0 Å². The molecule has 5 heteroatoms. The molecule has 0 bridgehead atoms. The number of hydrogen-bond acceptors (Lipinski definition) is 5. The molecule has 5 nitrogen and oxygen atoms in total. The molecule has 0 atom stereocenters. The zero-order valence-corrected chi connectivity index (χ0v) is 11.9. The Kier molecular flexibility index (Phi) is 3.91. The summed E-state index contributed by atoms with van der Waals surface area (Å²) in [5, 5.41) is 7.42. The van der Waals surface area contributed by atoms with Gasteiger partial charge >= 0.3 is 0 Å². The van der Waals surface area contributed by atoms with Gasteiger partial charge in [0, 0.05) is 31.4 Å². The lowest BCUT2D eigenvalue weighted by atomic mass is 10.2. The second kappa shape index (κ2) is 6.17. The van der Waals surface area contributed by atoms with Crippen LogP contribution in [0, 0.1) is 0 Å². The van der Waals surface area contributed by atoms with Gasteiger partial charge in [-0.2, -0.15) is 4.98 Å². The number of para-hydroxylation sites is 1. The van der Waals surface area contributed by atoms with Crippen molar-refractivity contribution >= 4 is 22.7 Å². The predicted octanol–water partition coefficient (Wildman–Crippen LogP) is 2.72. The van der Waals surface area contributed by atoms with Crippen molar-refractivity contribution in [2.24, 2.45) is 0 Å². The summed E-state index contributed by atoms with van der Waals surface area (Å²) in [6.45, 7) is 0.801. The fourth-order valence-electron chi connectivity index (χ4n) is 2.19. The lowest BCUT2D eigenvalue weighted by molar-refractivity contribution is 0.994. The quantitative estimate of drug-likeness (QED) is 0.752. The molecule has 0 unspecified atom stereocenters. The number of fused-ring (bicyclic) bond motifs is 1. The third-order valence-corrected chi connectivity index (χ3v) is 3.26. The topological polar surface area (TPSA) is 62.7 Å². The summed E-state index contributed by atoms with van der Waals surface area (Å²) in [4.78, 5) is 13.1. The van der Waals surface area contributed by atoms with Crippen LogP contribution in [0.15, 0.2) is 48.8 Å². The van der Waals surface area contributed by atoms with E-state index in [4.69, 9.17) is 0 Å². The number of nitrogens with one attached hydrogen (secondary N) is 2. The maximum atomic E-state index is 4.50. The van der Waals surface area contributed by atoms with Crippen molar-refractivity contribution in [3.63, 3.8) is 0 Å². The molecule has 0 saturated heterocycles. The summed E-state index contributed by atoms with van der Waals surface area (Å²) >= 11 is 0. The van der Waals surface area contributed by atoms with Crippen LogP contribution in [0.1, 0.15) is 5.56 Å². The molecule has 0 amide bonds. The van der Waals surface area contributed by atoms with Crippen molar-refractivity contribution in [3.8, 4) is 0 Å². The zero-order chi connectivity index (χ0) is 14.5. The van der Waals surface area contributed by atoms with Gasteiger partial charge in [0.05, 0.1) is 5.52 Å². The van der Waals surface area contributed by atoms with Gasteiger partial charge in [-0.25, -0.2) is 4.98 Å². The van der Waals surface area contributed by atoms with Gasteiger partial charge in [-0.15, -0.1) is 0 Å². The smallest absolute Gasteiger partial charge is 0.224 e. The fraction of sp³-hybridized carbons (Fsp3) is 0.188. The molecule has 106 valence electrons. The first kappa shape index (κ1) is 13.3. The summed E-state index contributed by atoms with van der Waals surface area (Å²) in [6, 6.07) is 12.0. The molecule has 0 spiro atoms. The van der Waals surface area contributed by atoms with Gasteiger partial charge in [-0.1, -0.05) is 18.2 Å². The van der Waals surface area contributed by atoms with E-state index in [0.717, 1.165) is 29.7 Å². The average Bonchev–Trinajstić information content (AvgIpc) is 2.55. The molecule has 1 aromatic carbocycles. The standard InChI is InChI=1S/C16H17N5/c1-17-16-20-14-7-3-2-6-13(14)15(21-16)19-10-8-12-5-4-9-18-11-12/h2-7,9,11H,8,10H2,1H3,(H2,17,19,20,21). The molecule has 2 heterocycles. The van der Waals surface area contributed by atoms with Gasteiger partial charge in [-0.3, -0.25) is 4.98 Å². The Hall–Kier alpha value is -2.69. The predicted molar refractivity (Wildman–Crippen MR) is 85.5 cm³/mol. The van der Waals surface area contributed by atoms with Gasteiger partial charge in [0.1, 0.15) is 5.82 Å². The normalized spacial score (nSPS) is 10.5. The molecular weight excluding hydrogens is 262 g/mol. The van der Waals surface area contributed by atoms with Crippen LogP contribution in [0.25, 0.3) is 10.9 Å². The molecule has 0 aliphatic heterocycles. The Morgan fingerprint density at radius 1 is 1.05 bits per heavy atom. The third kappa shape index (κ3) is 3.08. The van der Waals surface area contributed by atoms with Crippen LogP contribution in [-0.2, 0) is 6.42 Å². The van der Waals surface area contributed by atoms with E-state index >= 15 is 0 Å². The van der Waals surface area contributed by atoms with E-state index in [1.54, 1.807) is 6.20 Å². The summed E-state index contributed by atoms with van der Waals surface area (Å²) in [5.74, 6) is 1.48. The highest BCUT2D eigenvalue weighted by Crippen LogP contribution is 2.21. The van der Waals surface area contributed by atoms with E-state index in [0.29, 0.717) is 5.95 Å². The number of benzene rings is 1.